The van der Waals surface area contributed by atoms with Crippen LogP contribution < -0.4 is 0 Å². The molecule has 0 bridgehead atoms. The Morgan fingerprint density at radius 2 is 1.17 bits per heavy atom. The van der Waals surface area contributed by atoms with Crippen molar-refractivity contribution in [1.82, 2.24) is 0 Å². The van der Waals surface area contributed by atoms with Gasteiger partial charge in [-0.2, -0.15) is 0 Å². The molecule has 1 nitrogen and oxygen atoms in total. The molecule has 0 heterocycles. The first kappa shape index (κ1) is 9.92. The minimum absolute atomic E-state index is 1.50. The van der Waals surface area contributed by atoms with Crippen LogP contribution in [-0.2, 0) is 22.6 Å². The second-order valence-electron chi connectivity index (χ2n) is 0.247. The van der Waals surface area contributed by atoms with E-state index in [1.807, 2.05) is 0 Å². The molecular formula is AlF3OPd. The Bertz CT molecular complexity index is 22.0. The topological polar surface area (TPSA) is 17.1 Å². The van der Waals surface area contributed by atoms with Crippen LogP contribution in [0.4, 0.5) is 10.6 Å². The van der Waals surface area contributed by atoms with Crippen LogP contribution in [0.5, 0.6) is 0 Å². The van der Waals surface area contributed by atoms with E-state index in [2.05, 4.69) is 0 Å². The van der Waals surface area contributed by atoms with E-state index < -0.39 is 15.5 Å². The molecule has 0 N–H and O–H groups in total. The summed E-state index contributed by atoms with van der Waals surface area (Å²) in [5.41, 5.74) is 0. The fraction of sp³-hybridized carbons (Fsp3) is 0. The number of hydrogen-bond donors (Lipinski definition) is 0. The third-order valence-corrected chi connectivity index (χ3v) is 0. The maximum atomic E-state index is 9.81. The van der Waals surface area contributed by atoms with Gasteiger partial charge in [0.05, 0.1) is 0 Å². The standard InChI is InChI=1S/Al.3FH.O.Pd/h;3*1H;;/q+3;;;;;/p-3. The molecule has 0 rings (SSSR count). The summed E-state index contributed by atoms with van der Waals surface area (Å²) in [5.74, 6) is 0. The Morgan fingerprint density at radius 1 is 1.17 bits per heavy atom. The fourth-order valence-electron chi connectivity index (χ4n) is 0. The van der Waals surface area contributed by atoms with Crippen molar-refractivity contribution < 1.29 is 33.2 Å². The molecule has 0 aromatic carbocycles. The SMILES string of the molecule is [F][Al]([F])[F].[O]=[Pd]. The Labute approximate surface area is 49.0 Å². The monoisotopic (exact) mass is 206 g/mol. The predicted molar refractivity (Wildman–Crippen MR) is 9.76 cm³/mol. The summed E-state index contributed by atoms with van der Waals surface area (Å²) in [6, 6.07) is 0. The van der Waals surface area contributed by atoms with Gasteiger partial charge in [0.1, 0.15) is 0 Å². The molecule has 0 amide bonds. The zero-order valence-corrected chi connectivity index (χ0v) is 5.15. The van der Waals surface area contributed by atoms with Gasteiger partial charge in [-0.05, 0) is 0 Å². The number of halogens is 3. The zero-order chi connectivity index (χ0) is 5.58. The molecule has 0 spiro atoms. The van der Waals surface area contributed by atoms with Gasteiger partial charge in [0.2, 0.25) is 0 Å². The van der Waals surface area contributed by atoms with E-state index in [4.69, 9.17) is 3.47 Å². The molecule has 0 unspecified atom stereocenters. The Morgan fingerprint density at radius 3 is 1.17 bits per heavy atom. The van der Waals surface area contributed by atoms with Gasteiger partial charge in [-0.3, -0.25) is 0 Å². The van der Waals surface area contributed by atoms with Crippen LogP contribution in [-0.4, -0.2) is 15.5 Å². The van der Waals surface area contributed by atoms with Crippen molar-refractivity contribution in [2.75, 3.05) is 0 Å². The van der Waals surface area contributed by atoms with Crippen LogP contribution in [0.15, 0.2) is 0 Å². The van der Waals surface area contributed by atoms with Gasteiger partial charge < -0.3 is 10.6 Å². The number of rotatable bonds is 0. The van der Waals surface area contributed by atoms with Gasteiger partial charge in [-0.1, -0.05) is 0 Å². The second-order valence-corrected chi connectivity index (χ2v) is 0.742. The first-order valence-corrected chi connectivity index (χ1v) is 2.73. The molecule has 0 aromatic rings. The molecule has 0 saturated heterocycles. The van der Waals surface area contributed by atoms with E-state index in [1.165, 1.54) is 19.2 Å². The summed E-state index contributed by atoms with van der Waals surface area (Å²) >= 11 is -3.14. The van der Waals surface area contributed by atoms with Crippen molar-refractivity contribution in [1.29, 1.82) is 0 Å². The molecule has 6 heavy (non-hydrogen) atoms. The number of hydrogen-bond acceptors (Lipinski definition) is 1. The third kappa shape index (κ3) is 111. The molecule has 0 radical (unpaired) electrons. The van der Waals surface area contributed by atoms with Crippen LogP contribution in [0.3, 0.4) is 0 Å². The van der Waals surface area contributed by atoms with E-state index in [0.717, 1.165) is 0 Å². The van der Waals surface area contributed by atoms with Gasteiger partial charge in [-0.25, -0.2) is 0 Å². The van der Waals surface area contributed by atoms with Crippen LogP contribution >= 0.6 is 0 Å². The fourth-order valence-corrected chi connectivity index (χ4v) is 0. The maximum absolute atomic E-state index is 9.81. The van der Waals surface area contributed by atoms with Crippen LogP contribution in [0.1, 0.15) is 0 Å². The summed E-state index contributed by atoms with van der Waals surface area (Å²) in [6.07, 6.45) is 0. The average molecular weight is 206 g/mol. The minimum atomic E-state index is -4.64. The van der Waals surface area contributed by atoms with Crippen LogP contribution in [0.25, 0.3) is 0 Å². The first-order chi connectivity index (χ1) is 2.73. The van der Waals surface area contributed by atoms with Crippen LogP contribution in [0.2, 0.25) is 0 Å². The summed E-state index contributed by atoms with van der Waals surface area (Å²) in [7, 11) is 0. The summed E-state index contributed by atoms with van der Waals surface area (Å²) < 4.78 is 37.5. The predicted octanol–water partition coefficient (Wildman–Crippen LogP) is 0.759. The van der Waals surface area contributed by atoms with E-state index in [1.54, 1.807) is 0 Å². The van der Waals surface area contributed by atoms with Gasteiger partial charge >= 0.3 is 38.2 Å². The molecule has 0 atom stereocenters. The second kappa shape index (κ2) is 9.25. The van der Waals surface area contributed by atoms with Crippen molar-refractivity contribution in [3.05, 3.63) is 0 Å². The summed E-state index contributed by atoms with van der Waals surface area (Å²) in [4.78, 5) is 0. The van der Waals surface area contributed by atoms with Crippen molar-refractivity contribution in [2.45, 2.75) is 0 Å². The molecule has 0 aliphatic heterocycles. The van der Waals surface area contributed by atoms with Gasteiger partial charge in [0, 0.05) is 0 Å². The molecule has 0 aliphatic carbocycles. The third-order valence-electron chi connectivity index (χ3n) is 0. The Balaban J connectivity index is 0. The zero-order valence-electron chi connectivity index (χ0n) is 2.44. The quantitative estimate of drug-likeness (QED) is 0.535. The Kier molecular flexibility index (Phi) is 15.3. The summed E-state index contributed by atoms with van der Waals surface area (Å²) in [6.45, 7) is 0. The van der Waals surface area contributed by atoms with E-state index >= 15 is 0 Å². The van der Waals surface area contributed by atoms with Crippen LogP contribution in [0, 0.1) is 0 Å². The van der Waals surface area contributed by atoms with Gasteiger partial charge in [0.15, 0.2) is 0 Å². The van der Waals surface area contributed by atoms with Gasteiger partial charge in [-0.15, -0.1) is 0 Å². The van der Waals surface area contributed by atoms with E-state index in [-0.39, 0.29) is 0 Å². The molecule has 0 fully saturated rings. The van der Waals surface area contributed by atoms with E-state index in [0.29, 0.717) is 0 Å². The normalized spacial score (nSPS) is 5.50. The molecule has 0 saturated carbocycles. The summed E-state index contributed by atoms with van der Waals surface area (Å²) in [5, 5.41) is 0. The molecular weight excluding hydrogens is 206 g/mol. The van der Waals surface area contributed by atoms with E-state index in [9.17, 15) is 10.6 Å². The van der Waals surface area contributed by atoms with Gasteiger partial charge in [0.25, 0.3) is 0 Å². The average Bonchev–Trinajstić information content (AvgIpc) is 1.41. The van der Waals surface area contributed by atoms with Crippen molar-refractivity contribution in [3.63, 3.8) is 0 Å². The van der Waals surface area contributed by atoms with Crippen molar-refractivity contribution >= 4 is 15.5 Å². The molecule has 40 valence electrons. The molecule has 0 aliphatic rings. The molecule has 6 heteroatoms. The van der Waals surface area contributed by atoms with Crippen molar-refractivity contribution in [2.24, 2.45) is 0 Å². The molecule has 0 aromatic heterocycles. The Hall–Kier alpha value is 0.785. The first-order valence-electron chi connectivity index (χ1n) is 0.784. The van der Waals surface area contributed by atoms with Crippen molar-refractivity contribution in [3.8, 4) is 0 Å².